The SMILES string of the molecule is Cc1cc(Oc2nccc3c2cnn3C2CCCCO2)ccc1-c1c(C)nn(C2CCCCO2)c(=O)c1C. The van der Waals surface area contributed by atoms with Crippen LogP contribution in [0.15, 0.2) is 41.5 Å². The number of ether oxygens (including phenoxy) is 3. The maximum Gasteiger partial charge on any atom is 0.272 e. The number of nitrogens with zero attached hydrogens (tertiary/aromatic N) is 5. The van der Waals surface area contributed by atoms with Gasteiger partial charge in [0.2, 0.25) is 5.88 Å². The second kappa shape index (κ2) is 10.3. The third kappa shape index (κ3) is 4.50. The fraction of sp³-hybridized carbons (Fsp3) is 0.448. The van der Waals surface area contributed by atoms with E-state index in [9.17, 15) is 4.79 Å². The number of pyridine rings is 1. The van der Waals surface area contributed by atoms with E-state index < -0.39 is 0 Å². The molecule has 0 saturated carbocycles. The molecule has 6 rings (SSSR count). The molecule has 4 aromatic rings. The van der Waals surface area contributed by atoms with Crippen molar-refractivity contribution in [2.75, 3.05) is 13.2 Å². The standard InChI is InChI=1S/C29H33N5O4/c1-18-16-21(38-28-23-17-31-33(24(23)12-13-30-28)25-8-4-6-14-36-25)10-11-22(18)27-19(2)29(35)34(32-20(27)3)26-9-5-7-15-37-26/h10-13,16-17,25-26H,4-9,14-15H2,1-3H3. The smallest absolute Gasteiger partial charge is 0.272 e. The Balaban J connectivity index is 1.29. The lowest BCUT2D eigenvalue weighted by molar-refractivity contribution is -0.0428. The number of hydrogen-bond donors (Lipinski definition) is 0. The van der Waals surface area contributed by atoms with Crippen LogP contribution in [0.3, 0.4) is 0 Å². The van der Waals surface area contributed by atoms with Gasteiger partial charge < -0.3 is 14.2 Å². The summed E-state index contributed by atoms with van der Waals surface area (Å²) in [6, 6.07) is 7.81. The molecule has 38 heavy (non-hydrogen) atoms. The van der Waals surface area contributed by atoms with Crippen LogP contribution in [0, 0.1) is 20.8 Å². The van der Waals surface area contributed by atoms with Gasteiger partial charge in [-0.25, -0.2) is 14.3 Å². The molecule has 2 fully saturated rings. The van der Waals surface area contributed by atoms with Crippen LogP contribution in [0.1, 0.15) is 67.8 Å². The summed E-state index contributed by atoms with van der Waals surface area (Å²) in [5, 5.41) is 10.1. The average molecular weight is 516 g/mol. The van der Waals surface area contributed by atoms with Gasteiger partial charge in [-0.3, -0.25) is 4.79 Å². The Morgan fingerprint density at radius 1 is 0.947 bits per heavy atom. The van der Waals surface area contributed by atoms with Gasteiger partial charge in [0.15, 0.2) is 12.5 Å². The highest BCUT2D eigenvalue weighted by Gasteiger charge is 2.23. The summed E-state index contributed by atoms with van der Waals surface area (Å²) in [4.78, 5) is 17.7. The molecule has 9 heteroatoms. The van der Waals surface area contributed by atoms with Crippen LogP contribution < -0.4 is 10.3 Å². The van der Waals surface area contributed by atoms with Gasteiger partial charge in [0.25, 0.3) is 5.56 Å². The quantitative estimate of drug-likeness (QED) is 0.333. The van der Waals surface area contributed by atoms with Crippen LogP contribution in [0.25, 0.3) is 22.0 Å². The van der Waals surface area contributed by atoms with E-state index >= 15 is 0 Å². The fourth-order valence-electron chi connectivity index (χ4n) is 5.58. The fourth-order valence-corrected chi connectivity index (χ4v) is 5.58. The number of rotatable bonds is 5. The Kier molecular flexibility index (Phi) is 6.71. The zero-order chi connectivity index (χ0) is 26.2. The van der Waals surface area contributed by atoms with Crippen molar-refractivity contribution in [2.45, 2.75) is 71.8 Å². The average Bonchev–Trinajstić information content (AvgIpc) is 3.38. The first kappa shape index (κ1) is 24.8. The Labute approximate surface area is 221 Å². The van der Waals surface area contributed by atoms with E-state index in [2.05, 4.69) is 15.2 Å². The molecule has 2 saturated heterocycles. The molecule has 0 spiro atoms. The van der Waals surface area contributed by atoms with E-state index in [-0.39, 0.29) is 18.0 Å². The second-order valence-electron chi connectivity index (χ2n) is 10.2. The van der Waals surface area contributed by atoms with Gasteiger partial charge in [-0.2, -0.15) is 10.2 Å². The van der Waals surface area contributed by atoms with Crippen LogP contribution in [0.5, 0.6) is 11.6 Å². The minimum Gasteiger partial charge on any atom is -0.438 e. The maximum atomic E-state index is 13.2. The van der Waals surface area contributed by atoms with E-state index in [1.807, 2.05) is 49.7 Å². The van der Waals surface area contributed by atoms with Gasteiger partial charge in [0.05, 0.1) is 22.8 Å². The third-order valence-electron chi connectivity index (χ3n) is 7.55. The van der Waals surface area contributed by atoms with Gasteiger partial charge in [-0.15, -0.1) is 0 Å². The van der Waals surface area contributed by atoms with Crippen molar-refractivity contribution in [3.05, 3.63) is 63.8 Å². The van der Waals surface area contributed by atoms with Crippen LogP contribution in [-0.2, 0) is 9.47 Å². The summed E-state index contributed by atoms with van der Waals surface area (Å²) in [7, 11) is 0. The zero-order valence-corrected chi connectivity index (χ0v) is 22.1. The van der Waals surface area contributed by atoms with Gasteiger partial charge in [-0.05, 0) is 88.6 Å². The molecule has 0 N–H and O–H groups in total. The van der Waals surface area contributed by atoms with Gasteiger partial charge >= 0.3 is 0 Å². The normalized spacial score (nSPS) is 20.1. The molecule has 2 unspecified atom stereocenters. The third-order valence-corrected chi connectivity index (χ3v) is 7.55. The van der Waals surface area contributed by atoms with Crippen LogP contribution in [0.2, 0.25) is 0 Å². The molecule has 0 amide bonds. The van der Waals surface area contributed by atoms with Crippen molar-refractivity contribution in [2.24, 2.45) is 0 Å². The van der Waals surface area contributed by atoms with E-state index in [1.165, 1.54) is 4.68 Å². The van der Waals surface area contributed by atoms with Crippen molar-refractivity contribution >= 4 is 10.9 Å². The molecule has 3 aromatic heterocycles. The minimum atomic E-state index is -0.288. The highest BCUT2D eigenvalue weighted by atomic mass is 16.5. The van der Waals surface area contributed by atoms with E-state index in [0.29, 0.717) is 23.8 Å². The first-order chi connectivity index (χ1) is 18.5. The summed E-state index contributed by atoms with van der Waals surface area (Å²) in [6.07, 6.45) is 9.22. The Morgan fingerprint density at radius 2 is 1.68 bits per heavy atom. The number of hydrogen-bond acceptors (Lipinski definition) is 7. The summed E-state index contributed by atoms with van der Waals surface area (Å²) >= 11 is 0. The summed E-state index contributed by atoms with van der Waals surface area (Å²) in [5.74, 6) is 1.17. The molecule has 2 atom stereocenters. The number of fused-ring (bicyclic) bond motifs is 1. The molecule has 0 bridgehead atoms. The zero-order valence-electron chi connectivity index (χ0n) is 22.1. The summed E-state index contributed by atoms with van der Waals surface area (Å²) in [6.45, 7) is 7.25. The molecule has 5 heterocycles. The molecule has 1 aromatic carbocycles. The predicted molar refractivity (Wildman–Crippen MR) is 143 cm³/mol. The van der Waals surface area contributed by atoms with E-state index in [4.69, 9.17) is 14.2 Å². The summed E-state index contributed by atoms with van der Waals surface area (Å²) < 4.78 is 21.4. The molecule has 2 aliphatic heterocycles. The summed E-state index contributed by atoms with van der Waals surface area (Å²) in [5.41, 5.74) is 5.12. The minimum absolute atomic E-state index is 0.0572. The Hall–Kier alpha value is -3.56. The van der Waals surface area contributed by atoms with Crippen LogP contribution >= 0.6 is 0 Å². The number of benzene rings is 1. The lowest BCUT2D eigenvalue weighted by Gasteiger charge is -2.25. The lowest BCUT2D eigenvalue weighted by Crippen LogP contribution is -2.33. The Morgan fingerprint density at radius 3 is 2.37 bits per heavy atom. The Bertz CT molecular complexity index is 1530. The molecular weight excluding hydrogens is 482 g/mol. The maximum absolute atomic E-state index is 13.2. The first-order valence-electron chi connectivity index (χ1n) is 13.5. The molecular formula is C29H33N5O4. The van der Waals surface area contributed by atoms with Gasteiger partial charge in [0.1, 0.15) is 5.75 Å². The van der Waals surface area contributed by atoms with Gasteiger partial charge in [0, 0.05) is 30.5 Å². The molecule has 0 aliphatic carbocycles. The highest BCUT2D eigenvalue weighted by molar-refractivity contribution is 5.83. The monoisotopic (exact) mass is 515 g/mol. The van der Waals surface area contributed by atoms with Crippen molar-refractivity contribution in [3.63, 3.8) is 0 Å². The number of aryl methyl sites for hydroxylation is 2. The van der Waals surface area contributed by atoms with E-state index in [1.54, 1.807) is 12.4 Å². The molecule has 0 radical (unpaired) electrons. The lowest BCUT2D eigenvalue weighted by atomic mass is 9.96. The van der Waals surface area contributed by atoms with Crippen LogP contribution in [0.4, 0.5) is 0 Å². The topological polar surface area (TPSA) is 93.3 Å². The van der Waals surface area contributed by atoms with Crippen molar-refractivity contribution in [1.82, 2.24) is 24.5 Å². The van der Waals surface area contributed by atoms with Gasteiger partial charge in [-0.1, -0.05) is 6.07 Å². The first-order valence-corrected chi connectivity index (χ1v) is 13.5. The van der Waals surface area contributed by atoms with Crippen molar-refractivity contribution < 1.29 is 14.2 Å². The second-order valence-corrected chi connectivity index (χ2v) is 10.2. The molecule has 198 valence electrons. The van der Waals surface area contributed by atoms with Crippen LogP contribution in [-0.4, -0.2) is 37.8 Å². The van der Waals surface area contributed by atoms with Crippen molar-refractivity contribution in [1.29, 1.82) is 0 Å². The van der Waals surface area contributed by atoms with E-state index in [0.717, 1.165) is 78.4 Å². The van der Waals surface area contributed by atoms with Crippen molar-refractivity contribution in [3.8, 4) is 22.8 Å². The largest absolute Gasteiger partial charge is 0.438 e. The molecule has 9 nitrogen and oxygen atoms in total. The highest BCUT2D eigenvalue weighted by Crippen LogP contribution is 2.35. The predicted octanol–water partition coefficient (Wildman–Crippen LogP) is 5.77. The molecule has 2 aliphatic rings. The number of aromatic nitrogens is 5.